The molecular formula is C23H32N2O3. The van der Waals surface area contributed by atoms with Crippen molar-refractivity contribution in [3.05, 3.63) is 46.8 Å². The Hall–Kier alpha value is -2.43. The summed E-state index contributed by atoms with van der Waals surface area (Å²) in [7, 11) is 3.26. The summed E-state index contributed by atoms with van der Waals surface area (Å²) >= 11 is 0. The number of nitrogens with zero attached hydrogens (tertiary/aromatic N) is 1. The van der Waals surface area contributed by atoms with Crippen molar-refractivity contribution in [2.75, 3.05) is 20.8 Å². The van der Waals surface area contributed by atoms with Crippen LogP contribution >= 0.6 is 0 Å². The smallest absolute Gasteiger partial charge is 0.253 e. The van der Waals surface area contributed by atoms with Crippen LogP contribution in [-0.4, -0.2) is 31.2 Å². The first-order valence-electron chi connectivity index (χ1n) is 10.2. The van der Waals surface area contributed by atoms with Gasteiger partial charge in [-0.3, -0.25) is 4.79 Å². The largest absolute Gasteiger partial charge is 0.493 e. The van der Waals surface area contributed by atoms with Gasteiger partial charge in [0.15, 0.2) is 11.5 Å². The number of carbonyl (C=O) groups excluding carboxylic acids is 1. The maximum Gasteiger partial charge on any atom is 0.253 e. The highest BCUT2D eigenvalue weighted by Gasteiger charge is 2.22. The third-order valence-electron chi connectivity index (χ3n) is 5.82. The molecule has 28 heavy (non-hydrogen) atoms. The van der Waals surface area contributed by atoms with Crippen LogP contribution in [0.1, 0.15) is 65.5 Å². The van der Waals surface area contributed by atoms with Crippen molar-refractivity contribution in [1.29, 1.82) is 0 Å². The van der Waals surface area contributed by atoms with Crippen molar-refractivity contribution in [3.63, 3.8) is 0 Å². The van der Waals surface area contributed by atoms with Crippen LogP contribution in [0.2, 0.25) is 0 Å². The summed E-state index contributed by atoms with van der Waals surface area (Å²) in [5.74, 6) is 1.43. The number of carbonyl (C=O) groups is 1. The summed E-state index contributed by atoms with van der Waals surface area (Å²) in [5, 5.41) is 3.07. The van der Waals surface area contributed by atoms with Crippen molar-refractivity contribution in [1.82, 2.24) is 9.88 Å². The van der Waals surface area contributed by atoms with Gasteiger partial charge in [-0.25, -0.2) is 0 Å². The molecule has 0 bridgehead atoms. The van der Waals surface area contributed by atoms with Crippen LogP contribution in [0.4, 0.5) is 0 Å². The summed E-state index contributed by atoms with van der Waals surface area (Å²) in [4.78, 5) is 12.8. The van der Waals surface area contributed by atoms with Gasteiger partial charge in [0.1, 0.15) is 0 Å². The number of hydrogen-bond acceptors (Lipinski definition) is 3. The Labute approximate surface area is 168 Å². The lowest BCUT2D eigenvalue weighted by Crippen LogP contribution is -2.26. The van der Waals surface area contributed by atoms with Gasteiger partial charge in [-0.05, 0) is 56.9 Å². The minimum Gasteiger partial charge on any atom is -0.493 e. The molecule has 152 valence electrons. The van der Waals surface area contributed by atoms with E-state index in [1.165, 1.54) is 37.8 Å². The minimum atomic E-state index is 0.00985. The molecule has 0 radical (unpaired) electrons. The number of ether oxygens (including phenoxy) is 2. The standard InChI is InChI=1S/C23H32N2O3/c1-16-14-20(17(2)25(16)19-8-6-5-7-9-19)23(26)24-13-12-18-10-11-21(27-3)22(15-18)28-4/h10-11,14-15,19H,5-9,12-13H2,1-4H3,(H,24,26). The highest BCUT2D eigenvalue weighted by Crippen LogP contribution is 2.32. The zero-order valence-electron chi connectivity index (χ0n) is 17.5. The number of benzene rings is 1. The molecule has 1 amide bonds. The van der Waals surface area contributed by atoms with E-state index in [2.05, 4.69) is 23.7 Å². The lowest BCUT2D eigenvalue weighted by Gasteiger charge is -2.26. The quantitative estimate of drug-likeness (QED) is 0.759. The number of hydrogen-bond donors (Lipinski definition) is 1. The number of methoxy groups -OCH3 is 2. The Morgan fingerprint density at radius 2 is 1.79 bits per heavy atom. The predicted octanol–water partition coefficient (Wildman–Crippen LogP) is 4.60. The number of nitrogens with one attached hydrogen (secondary N) is 1. The van der Waals surface area contributed by atoms with Crippen molar-refractivity contribution < 1.29 is 14.3 Å². The second-order valence-electron chi connectivity index (χ2n) is 7.64. The fourth-order valence-electron chi connectivity index (χ4n) is 4.36. The highest BCUT2D eigenvalue weighted by atomic mass is 16.5. The summed E-state index contributed by atoms with van der Waals surface area (Å²) in [6.45, 7) is 4.77. The SMILES string of the molecule is COc1ccc(CCNC(=O)c2cc(C)n(C3CCCCC3)c2C)cc1OC. The van der Waals surface area contributed by atoms with Crippen LogP contribution in [0, 0.1) is 13.8 Å². The van der Waals surface area contributed by atoms with Gasteiger partial charge in [0.2, 0.25) is 0 Å². The number of aryl methyl sites for hydroxylation is 1. The average molecular weight is 385 g/mol. The molecule has 0 aliphatic heterocycles. The van der Waals surface area contributed by atoms with Gasteiger partial charge in [-0.15, -0.1) is 0 Å². The molecule has 1 heterocycles. The van der Waals surface area contributed by atoms with Gasteiger partial charge >= 0.3 is 0 Å². The normalized spacial score (nSPS) is 14.7. The molecule has 0 saturated heterocycles. The van der Waals surface area contributed by atoms with E-state index < -0.39 is 0 Å². The van der Waals surface area contributed by atoms with Gasteiger partial charge in [0.25, 0.3) is 5.91 Å². The van der Waals surface area contributed by atoms with Crippen molar-refractivity contribution in [3.8, 4) is 11.5 Å². The Morgan fingerprint density at radius 3 is 2.46 bits per heavy atom. The minimum absolute atomic E-state index is 0.00985. The van der Waals surface area contributed by atoms with Crippen molar-refractivity contribution in [2.24, 2.45) is 0 Å². The van der Waals surface area contributed by atoms with E-state index in [1.54, 1.807) is 14.2 Å². The van der Waals surface area contributed by atoms with Gasteiger partial charge in [-0.1, -0.05) is 25.3 Å². The van der Waals surface area contributed by atoms with E-state index in [0.717, 1.165) is 23.2 Å². The summed E-state index contributed by atoms with van der Waals surface area (Å²) in [6.07, 6.45) is 7.09. The van der Waals surface area contributed by atoms with Gasteiger partial charge in [-0.2, -0.15) is 0 Å². The number of aromatic nitrogens is 1. The predicted molar refractivity (Wildman–Crippen MR) is 112 cm³/mol. The third kappa shape index (κ3) is 4.34. The molecule has 2 aromatic rings. The Bertz CT molecular complexity index is 819. The Morgan fingerprint density at radius 1 is 1.07 bits per heavy atom. The number of rotatable bonds is 7. The van der Waals surface area contributed by atoms with Gasteiger partial charge in [0.05, 0.1) is 19.8 Å². The molecule has 5 heteroatoms. The van der Waals surface area contributed by atoms with E-state index >= 15 is 0 Å². The van der Waals surface area contributed by atoms with Crippen LogP contribution in [0.3, 0.4) is 0 Å². The molecule has 5 nitrogen and oxygen atoms in total. The molecule has 3 rings (SSSR count). The van der Waals surface area contributed by atoms with Gasteiger partial charge in [0, 0.05) is 24.0 Å². The second kappa shape index (κ2) is 9.18. The maximum atomic E-state index is 12.8. The molecule has 0 atom stereocenters. The molecule has 1 aromatic heterocycles. The van der Waals surface area contributed by atoms with E-state index in [1.807, 2.05) is 24.3 Å². The second-order valence-corrected chi connectivity index (χ2v) is 7.64. The fourth-order valence-corrected chi connectivity index (χ4v) is 4.36. The van der Waals surface area contributed by atoms with Crippen molar-refractivity contribution in [2.45, 2.75) is 58.4 Å². The maximum absolute atomic E-state index is 12.8. The molecule has 0 unspecified atom stereocenters. The van der Waals surface area contributed by atoms with Crippen molar-refractivity contribution >= 4 is 5.91 Å². The molecule has 1 saturated carbocycles. The van der Waals surface area contributed by atoms with E-state index in [9.17, 15) is 4.79 Å². The topological polar surface area (TPSA) is 52.5 Å². The van der Waals surface area contributed by atoms with Crippen LogP contribution in [-0.2, 0) is 6.42 Å². The van der Waals surface area contributed by atoms with E-state index in [4.69, 9.17) is 9.47 Å². The molecule has 0 spiro atoms. The van der Waals surface area contributed by atoms with Crippen LogP contribution < -0.4 is 14.8 Å². The monoisotopic (exact) mass is 384 g/mol. The average Bonchev–Trinajstić information content (AvgIpc) is 3.02. The fraction of sp³-hybridized carbons (Fsp3) is 0.522. The molecule has 1 fully saturated rings. The van der Waals surface area contributed by atoms with E-state index in [-0.39, 0.29) is 5.91 Å². The summed E-state index contributed by atoms with van der Waals surface area (Å²) in [6, 6.07) is 8.44. The van der Waals surface area contributed by atoms with Crippen LogP contribution in [0.25, 0.3) is 0 Å². The lowest BCUT2D eigenvalue weighted by atomic mass is 9.95. The first-order valence-corrected chi connectivity index (χ1v) is 10.2. The van der Waals surface area contributed by atoms with Gasteiger partial charge < -0.3 is 19.4 Å². The van der Waals surface area contributed by atoms with E-state index in [0.29, 0.717) is 24.1 Å². The molecule has 1 N–H and O–H groups in total. The Balaban J connectivity index is 1.62. The molecule has 1 aliphatic rings. The number of amides is 1. The van der Waals surface area contributed by atoms with Crippen LogP contribution in [0.5, 0.6) is 11.5 Å². The highest BCUT2D eigenvalue weighted by molar-refractivity contribution is 5.95. The lowest BCUT2D eigenvalue weighted by molar-refractivity contribution is 0.0953. The van der Waals surface area contributed by atoms with Crippen LogP contribution in [0.15, 0.2) is 24.3 Å². The summed E-state index contributed by atoms with van der Waals surface area (Å²) < 4.78 is 13.0. The first kappa shape index (κ1) is 20.3. The third-order valence-corrected chi connectivity index (χ3v) is 5.82. The molecule has 1 aromatic carbocycles. The zero-order chi connectivity index (χ0) is 20.1. The Kier molecular flexibility index (Phi) is 6.65. The molecule has 1 aliphatic carbocycles. The molecular weight excluding hydrogens is 352 g/mol. The first-order chi connectivity index (χ1) is 13.5. The zero-order valence-corrected chi connectivity index (χ0v) is 17.5. The summed E-state index contributed by atoms with van der Waals surface area (Å²) in [5.41, 5.74) is 4.18.